The smallest absolute Gasteiger partial charge is 0.142 e. The first-order valence-corrected chi connectivity index (χ1v) is 9.14. The van der Waals surface area contributed by atoms with Crippen molar-refractivity contribution >= 4 is 27.4 Å². The van der Waals surface area contributed by atoms with Crippen LogP contribution in [0.5, 0.6) is 5.75 Å². The highest BCUT2D eigenvalue weighted by Crippen LogP contribution is 2.43. The number of aromatic amines is 1. The zero-order valence-electron chi connectivity index (χ0n) is 14.3. The molecule has 0 amide bonds. The number of benzene rings is 1. The largest absolute Gasteiger partial charge is 0.496 e. The SMILES string of the molecule is COc1ccc(Br)cc1-c1nc2c([nH]1)-c1ccncc1Nc1ncccc1-2. The number of pyridine rings is 2. The number of nitrogens with one attached hydrogen (secondary N) is 2. The molecule has 1 aliphatic heterocycles. The van der Waals surface area contributed by atoms with Crippen molar-refractivity contribution in [3.05, 3.63) is 59.5 Å². The highest BCUT2D eigenvalue weighted by molar-refractivity contribution is 9.10. The van der Waals surface area contributed by atoms with E-state index < -0.39 is 0 Å². The number of H-pyrrole nitrogens is 1. The Labute approximate surface area is 163 Å². The Morgan fingerprint density at radius 3 is 2.85 bits per heavy atom. The molecule has 0 saturated carbocycles. The second kappa shape index (κ2) is 6.21. The lowest BCUT2D eigenvalue weighted by Gasteiger charge is -2.09. The van der Waals surface area contributed by atoms with Crippen molar-refractivity contribution in [2.75, 3.05) is 12.4 Å². The van der Waals surface area contributed by atoms with Crippen LogP contribution in [0.3, 0.4) is 0 Å². The number of hydrogen-bond acceptors (Lipinski definition) is 5. The average Bonchev–Trinajstić information content (AvgIpc) is 3.08. The first-order chi connectivity index (χ1) is 13.2. The van der Waals surface area contributed by atoms with Crippen LogP contribution in [-0.2, 0) is 0 Å². The molecule has 27 heavy (non-hydrogen) atoms. The summed E-state index contributed by atoms with van der Waals surface area (Å²) in [6, 6.07) is 11.7. The molecule has 0 aliphatic carbocycles. The summed E-state index contributed by atoms with van der Waals surface area (Å²) in [5.74, 6) is 2.24. The van der Waals surface area contributed by atoms with Crippen LogP contribution in [0.2, 0.25) is 0 Å². The molecule has 5 rings (SSSR count). The van der Waals surface area contributed by atoms with Crippen LogP contribution >= 0.6 is 15.9 Å². The number of methoxy groups -OCH3 is 1. The Bertz CT molecular complexity index is 1110. The summed E-state index contributed by atoms with van der Waals surface area (Å²) in [5.41, 5.74) is 5.45. The lowest BCUT2D eigenvalue weighted by atomic mass is 10.1. The molecule has 0 saturated heterocycles. The molecule has 4 aromatic rings. The van der Waals surface area contributed by atoms with Crippen molar-refractivity contribution in [2.45, 2.75) is 0 Å². The van der Waals surface area contributed by atoms with Gasteiger partial charge in [0.15, 0.2) is 0 Å². The second-order valence-corrected chi connectivity index (χ2v) is 7.02. The quantitative estimate of drug-likeness (QED) is 0.419. The van der Waals surface area contributed by atoms with E-state index in [1.807, 2.05) is 36.4 Å². The van der Waals surface area contributed by atoms with Gasteiger partial charge in [-0.1, -0.05) is 15.9 Å². The molecule has 0 bridgehead atoms. The molecule has 4 heterocycles. The topological polar surface area (TPSA) is 75.7 Å². The fourth-order valence-corrected chi connectivity index (χ4v) is 3.65. The summed E-state index contributed by atoms with van der Waals surface area (Å²) in [7, 11) is 1.66. The van der Waals surface area contributed by atoms with Gasteiger partial charge in [-0.05, 0) is 36.4 Å². The number of anilines is 2. The van der Waals surface area contributed by atoms with Gasteiger partial charge >= 0.3 is 0 Å². The van der Waals surface area contributed by atoms with Crippen molar-refractivity contribution in [3.8, 4) is 39.7 Å². The summed E-state index contributed by atoms with van der Waals surface area (Å²) in [5, 5.41) is 3.36. The maximum Gasteiger partial charge on any atom is 0.142 e. The van der Waals surface area contributed by atoms with Crippen LogP contribution in [0.4, 0.5) is 11.5 Å². The van der Waals surface area contributed by atoms with Gasteiger partial charge < -0.3 is 15.0 Å². The maximum absolute atomic E-state index is 5.53. The molecule has 7 heteroatoms. The summed E-state index contributed by atoms with van der Waals surface area (Å²) >= 11 is 3.53. The molecule has 1 aliphatic rings. The number of hydrogen-bond donors (Lipinski definition) is 2. The van der Waals surface area contributed by atoms with Gasteiger partial charge in [0.25, 0.3) is 0 Å². The molecule has 0 unspecified atom stereocenters. The molecule has 6 nitrogen and oxygen atoms in total. The van der Waals surface area contributed by atoms with E-state index in [-0.39, 0.29) is 0 Å². The second-order valence-electron chi connectivity index (χ2n) is 6.10. The third kappa shape index (κ3) is 2.59. The summed E-state index contributed by atoms with van der Waals surface area (Å²) in [6.45, 7) is 0. The zero-order valence-corrected chi connectivity index (χ0v) is 15.9. The first kappa shape index (κ1) is 16.0. The fourth-order valence-electron chi connectivity index (χ4n) is 3.29. The first-order valence-electron chi connectivity index (χ1n) is 8.35. The van der Waals surface area contributed by atoms with E-state index in [1.165, 1.54) is 0 Å². The maximum atomic E-state index is 5.53. The lowest BCUT2D eigenvalue weighted by Crippen LogP contribution is -1.96. The van der Waals surface area contributed by atoms with Crippen molar-refractivity contribution in [1.82, 2.24) is 19.9 Å². The van der Waals surface area contributed by atoms with Gasteiger partial charge in [-0.25, -0.2) is 9.97 Å². The van der Waals surface area contributed by atoms with Gasteiger partial charge in [-0.2, -0.15) is 0 Å². The normalized spacial score (nSPS) is 11.6. The Morgan fingerprint density at radius 1 is 1.04 bits per heavy atom. The minimum absolute atomic E-state index is 0.734. The van der Waals surface area contributed by atoms with E-state index in [0.29, 0.717) is 0 Å². The van der Waals surface area contributed by atoms with Gasteiger partial charge in [0.2, 0.25) is 0 Å². The Hall–Kier alpha value is -3.19. The molecule has 0 spiro atoms. The van der Waals surface area contributed by atoms with Crippen molar-refractivity contribution in [1.29, 1.82) is 0 Å². The molecular formula is C20H14BrN5O. The lowest BCUT2D eigenvalue weighted by molar-refractivity contribution is 0.416. The number of aromatic nitrogens is 4. The van der Waals surface area contributed by atoms with Crippen LogP contribution in [0.1, 0.15) is 0 Å². The third-order valence-corrected chi connectivity index (χ3v) is 5.02. The van der Waals surface area contributed by atoms with Crippen LogP contribution in [0.25, 0.3) is 33.9 Å². The van der Waals surface area contributed by atoms with Crippen LogP contribution < -0.4 is 10.1 Å². The molecular weight excluding hydrogens is 406 g/mol. The number of nitrogens with zero attached hydrogens (tertiary/aromatic N) is 3. The summed E-state index contributed by atoms with van der Waals surface area (Å²) < 4.78 is 6.49. The zero-order chi connectivity index (χ0) is 18.4. The predicted molar refractivity (Wildman–Crippen MR) is 108 cm³/mol. The Kier molecular flexibility index (Phi) is 3.68. The molecule has 2 N–H and O–H groups in total. The predicted octanol–water partition coefficient (Wildman–Crippen LogP) is 5.03. The van der Waals surface area contributed by atoms with Crippen LogP contribution in [-0.4, -0.2) is 27.0 Å². The number of imidazole rings is 1. The number of fused-ring (bicyclic) bond motifs is 5. The van der Waals surface area contributed by atoms with Gasteiger partial charge in [-0.15, -0.1) is 0 Å². The van der Waals surface area contributed by atoms with Gasteiger partial charge in [0.1, 0.15) is 23.1 Å². The van der Waals surface area contributed by atoms with Crippen molar-refractivity contribution in [3.63, 3.8) is 0 Å². The van der Waals surface area contributed by atoms with E-state index in [2.05, 4.69) is 36.2 Å². The summed E-state index contributed by atoms with van der Waals surface area (Å²) in [6.07, 6.45) is 5.33. The van der Waals surface area contributed by atoms with Crippen LogP contribution in [0.15, 0.2) is 59.5 Å². The van der Waals surface area contributed by atoms with E-state index in [9.17, 15) is 0 Å². The minimum Gasteiger partial charge on any atom is -0.496 e. The fraction of sp³-hybridized carbons (Fsp3) is 0.0500. The van der Waals surface area contributed by atoms with E-state index >= 15 is 0 Å². The highest BCUT2D eigenvalue weighted by Gasteiger charge is 2.24. The number of ether oxygens (including phenoxy) is 1. The highest BCUT2D eigenvalue weighted by atomic mass is 79.9. The Morgan fingerprint density at radius 2 is 1.96 bits per heavy atom. The van der Waals surface area contributed by atoms with E-state index in [4.69, 9.17) is 9.72 Å². The van der Waals surface area contributed by atoms with Crippen molar-refractivity contribution in [2.24, 2.45) is 0 Å². The molecule has 3 aromatic heterocycles. The molecule has 0 atom stereocenters. The van der Waals surface area contributed by atoms with E-state index in [1.54, 1.807) is 25.7 Å². The van der Waals surface area contributed by atoms with Crippen molar-refractivity contribution < 1.29 is 4.74 Å². The molecule has 1 aromatic carbocycles. The monoisotopic (exact) mass is 419 g/mol. The molecule has 0 fully saturated rings. The van der Waals surface area contributed by atoms with E-state index in [0.717, 1.165) is 55.6 Å². The van der Waals surface area contributed by atoms with Gasteiger partial charge in [-0.3, -0.25) is 4.98 Å². The average molecular weight is 420 g/mol. The van der Waals surface area contributed by atoms with Gasteiger partial charge in [0, 0.05) is 28.0 Å². The minimum atomic E-state index is 0.734. The van der Waals surface area contributed by atoms with Crippen LogP contribution in [0, 0.1) is 0 Å². The number of halogens is 1. The van der Waals surface area contributed by atoms with Gasteiger partial charge in [0.05, 0.1) is 30.3 Å². The Balaban J connectivity index is 1.80. The molecule has 0 radical (unpaired) electrons. The number of rotatable bonds is 2. The molecule has 132 valence electrons. The third-order valence-electron chi connectivity index (χ3n) is 4.53. The summed E-state index contributed by atoms with van der Waals surface area (Å²) in [4.78, 5) is 17.1. The standard InChI is InChI=1S/C20H14BrN5O/c1-27-16-5-4-11(21)9-14(16)20-25-17-12-6-8-22-10-15(12)24-19-13(18(17)26-20)3-2-7-23-19/h2-10H,1H3,(H,23,24)(H,25,26).